The number of aryl methyl sites for hydroxylation is 2. The number of carboxylic acid groups (broad SMARTS) is 1. The second kappa shape index (κ2) is 6.08. The number of benzene rings is 1. The Labute approximate surface area is 139 Å². The molecule has 9 heteroatoms. The molecule has 2 N–H and O–H groups in total. The third kappa shape index (κ3) is 3.46. The molecule has 0 aliphatic heterocycles. The zero-order chi connectivity index (χ0) is 18.2. The highest BCUT2D eigenvalue weighted by Crippen LogP contribution is 2.21. The Morgan fingerprint density at radius 2 is 1.83 bits per heavy atom. The summed E-state index contributed by atoms with van der Waals surface area (Å²) in [7, 11) is -1.92. The third-order valence-electron chi connectivity index (χ3n) is 3.58. The second-order valence-electron chi connectivity index (χ2n) is 5.45. The zero-order valence-electron chi connectivity index (χ0n) is 13.6. The Kier molecular flexibility index (Phi) is 4.48. The van der Waals surface area contributed by atoms with E-state index in [2.05, 4.69) is 10.4 Å². The lowest BCUT2D eigenvalue weighted by Crippen LogP contribution is -2.15. The molecule has 0 unspecified atom stereocenters. The molecule has 0 fully saturated rings. The van der Waals surface area contributed by atoms with Crippen LogP contribution in [0.2, 0.25) is 0 Å². The van der Waals surface area contributed by atoms with E-state index < -0.39 is 21.7 Å². The van der Waals surface area contributed by atoms with Crippen molar-refractivity contribution in [3.05, 3.63) is 40.7 Å². The van der Waals surface area contributed by atoms with Crippen molar-refractivity contribution in [1.29, 1.82) is 0 Å². The van der Waals surface area contributed by atoms with E-state index in [4.69, 9.17) is 5.11 Å². The van der Waals surface area contributed by atoms with E-state index in [1.807, 2.05) is 0 Å². The molecule has 0 aliphatic carbocycles. The van der Waals surface area contributed by atoms with Crippen molar-refractivity contribution < 1.29 is 23.1 Å². The highest BCUT2D eigenvalue weighted by Gasteiger charge is 2.19. The van der Waals surface area contributed by atoms with Crippen LogP contribution in [0.5, 0.6) is 0 Å². The minimum absolute atomic E-state index is 0.0861. The molecule has 1 heterocycles. The topological polar surface area (TPSA) is 118 Å². The first-order valence-corrected chi connectivity index (χ1v) is 8.80. The van der Waals surface area contributed by atoms with Crippen LogP contribution in [0.15, 0.2) is 23.1 Å². The summed E-state index contributed by atoms with van der Waals surface area (Å²) in [5.74, 6) is -1.77. The molecule has 24 heavy (non-hydrogen) atoms. The summed E-state index contributed by atoms with van der Waals surface area (Å²) < 4.78 is 25.0. The van der Waals surface area contributed by atoms with Gasteiger partial charge in [-0.15, -0.1) is 0 Å². The summed E-state index contributed by atoms with van der Waals surface area (Å²) in [6, 6.07) is 3.48. The van der Waals surface area contributed by atoms with Crippen LogP contribution in [0, 0.1) is 13.8 Å². The van der Waals surface area contributed by atoms with E-state index in [0.717, 1.165) is 12.3 Å². The normalized spacial score (nSPS) is 11.3. The predicted molar refractivity (Wildman–Crippen MR) is 87.1 cm³/mol. The maximum absolute atomic E-state index is 12.4. The fraction of sp³-hybridized carbons (Fsp3) is 0.267. The Morgan fingerprint density at radius 3 is 2.29 bits per heavy atom. The SMILES string of the molecule is Cc1nn(C)c(C)c1C(=O)Nc1cc(C(=O)O)cc(S(C)(=O)=O)c1. The standard InChI is InChI=1S/C15H17N3O5S/c1-8-13(9(2)18(3)17-8)14(19)16-11-5-10(15(20)21)6-12(7-11)24(4,22)23/h5-7H,1-4H3,(H,16,19)(H,20,21). The maximum Gasteiger partial charge on any atom is 0.335 e. The number of carbonyl (C=O) groups is 2. The van der Waals surface area contributed by atoms with E-state index in [9.17, 15) is 18.0 Å². The first-order valence-electron chi connectivity index (χ1n) is 6.90. The first kappa shape index (κ1) is 17.7. The molecular weight excluding hydrogens is 334 g/mol. The van der Waals surface area contributed by atoms with E-state index >= 15 is 0 Å². The van der Waals surface area contributed by atoms with Crippen LogP contribution in [-0.4, -0.2) is 41.4 Å². The molecule has 1 aromatic carbocycles. The highest BCUT2D eigenvalue weighted by molar-refractivity contribution is 7.90. The van der Waals surface area contributed by atoms with Crippen molar-refractivity contribution in [3.63, 3.8) is 0 Å². The number of amides is 1. The minimum Gasteiger partial charge on any atom is -0.478 e. The number of aromatic nitrogens is 2. The molecule has 0 radical (unpaired) electrons. The largest absolute Gasteiger partial charge is 0.478 e. The Hall–Kier alpha value is -2.68. The average molecular weight is 351 g/mol. The molecule has 0 saturated heterocycles. The van der Waals surface area contributed by atoms with Gasteiger partial charge in [-0.05, 0) is 32.0 Å². The molecule has 1 aromatic heterocycles. The van der Waals surface area contributed by atoms with E-state index in [0.29, 0.717) is 17.0 Å². The van der Waals surface area contributed by atoms with Crippen molar-refractivity contribution in [2.24, 2.45) is 7.05 Å². The van der Waals surface area contributed by atoms with Crippen molar-refractivity contribution >= 4 is 27.4 Å². The molecule has 0 atom stereocenters. The van der Waals surface area contributed by atoms with E-state index in [-0.39, 0.29) is 16.1 Å². The van der Waals surface area contributed by atoms with Crippen molar-refractivity contribution in [1.82, 2.24) is 9.78 Å². The van der Waals surface area contributed by atoms with Gasteiger partial charge in [0.05, 0.1) is 21.7 Å². The first-order chi connectivity index (χ1) is 11.0. The summed E-state index contributed by atoms with van der Waals surface area (Å²) in [4.78, 5) is 23.4. The number of hydrogen-bond donors (Lipinski definition) is 2. The fourth-order valence-electron chi connectivity index (χ4n) is 2.30. The molecule has 0 spiro atoms. The smallest absolute Gasteiger partial charge is 0.335 e. The van der Waals surface area contributed by atoms with Crippen molar-refractivity contribution in [2.45, 2.75) is 18.7 Å². The van der Waals surface area contributed by atoms with Gasteiger partial charge < -0.3 is 10.4 Å². The number of nitrogens with one attached hydrogen (secondary N) is 1. The van der Waals surface area contributed by atoms with Crippen LogP contribution in [0.3, 0.4) is 0 Å². The molecular formula is C15H17N3O5S. The third-order valence-corrected chi connectivity index (χ3v) is 4.67. The summed E-state index contributed by atoms with van der Waals surface area (Å²) in [6.45, 7) is 3.40. The van der Waals surface area contributed by atoms with Crippen molar-refractivity contribution in [3.8, 4) is 0 Å². The Balaban J connectivity index is 2.47. The number of sulfone groups is 1. The summed E-state index contributed by atoms with van der Waals surface area (Å²) in [5, 5.41) is 15.8. The number of nitrogens with zero attached hydrogens (tertiary/aromatic N) is 2. The number of carbonyl (C=O) groups excluding carboxylic acids is 1. The van der Waals surface area contributed by atoms with Crippen LogP contribution in [0.4, 0.5) is 5.69 Å². The monoisotopic (exact) mass is 351 g/mol. The van der Waals surface area contributed by atoms with Gasteiger partial charge >= 0.3 is 5.97 Å². The van der Waals surface area contributed by atoms with Crippen LogP contribution in [-0.2, 0) is 16.9 Å². The van der Waals surface area contributed by atoms with Gasteiger partial charge in [0.1, 0.15) is 0 Å². The molecule has 2 aromatic rings. The van der Waals surface area contributed by atoms with Crippen LogP contribution < -0.4 is 5.32 Å². The maximum atomic E-state index is 12.4. The van der Waals surface area contributed by atoms with Gasteiger partial charge in [0.25, 0.3) is 5.91 Å². The van der Waals surface area contributed by atoms with Gasteiger partial charge in [0.15, 0.2) is 9.84 Å². The quantitative estimate of drug-likeness (QED) is 0.859. The van der Waals surface area contributed by atoms with Gasteiger partial charge in [-0.1, -0.05) is 0 Å². The van der Waals surface area contributed by atoms with Gasteiger partial charge in [-0.3, -0.25) is 9.48 Å². The summed E-state index contributed by atoms with van der Waals surface area (Å²) >= 11 is 0. The van der Waals surface area contributed by atoms with Crippen molar-refractivity contribution in [2.75, 3.05) is 11.6 Å². The minimum atomic E-state index is -3.63. The number of anilines is 1. The van der Waals surface area contributed by atoms with Gasteiger partial charge in [-0.25, -0.2) is 13.2 Å². The average Bonchev–Trinajstić information content (AvgIpc) is 2.70. The Morgan fingerprint density at radius 1 is 1.21 bits per heavy atom. The molecule has 2 rings (SSSR count). The fourth-order valence-corrected chi connectivity index (χ4v) is 2.99. The number of hydrogen-bond acceptors (Lipinski definition) is 5. The summed E-state index contributed by atoms with van der Waals surface area (Å²) in [6.07, 6.45) is 0.967. The number of carboxylic acids is 1. The molecule has 0 aliphatic rings. The van der Waals surface area contributed by atoms with Crippen LogP contribution in [0.1, 0.15) is 32.1 Å². The van der Waals surface area contributed by atoms with Gasteiger partial charge in [0.2, 0.25) is 0 Å². The summed E-state index contributed by atoms with van der Waals surface area (Å²) in [5.41, 5.74) is 1.38. The number of rotatable bonds is 4. The van der Waals surface area contributed by atoms with Gasteiger partial charge in [-0.2, -0.15) is 5.10 Å². The molecule has 1 amide bonds. The Bertz CT molecular complexity index is 944. The lowest BCUT2D eigenvalue weighted by molar-refractivity contribution is 0.0696. The lowest BCUT2D eigenvalue weighted by atomic mass is 10.1. The highest BCUT2D eigenvalue weighted by atomic mass is 32.2. The van der Waals surface area contributed by atoms with Crippen LogP contribution in [0.25, 0.3) is 0 Å². The number of aromatic carboxylic acids is 1. The molecule has 128 valence electrons. The van der Waals surface area contributed by atoms with E-state index in [1.54, 1.807) is 25.6 Å². The van der Waals surface area contributed by atoms with Crippen LogP contribution >= 0.6 is 0 Å². The molecule has 0 saturated carbocycles. The predicted octanol–water partition coefficient (Wildman–Crippen LogP) is 1.39. The molecule has 0 bridgehead atoms. The second-order valence-corrected chi connectivity index (χ2v) is 7.46. The molecule has 8 nitrogen and oxygen atoms in total. The van der Waals surface area contributed by atoms with Gasteiger partial charge in [0, 0.05) is 24.7 Å². The zero-order valence-corrected chi connectivity index (χ0v) is 14.4. The van der Waals surface area contributed by atoms with E-state index in [1.165, 1.54) is 12.1 Å². The lowest BCUT2D eigenvalue weighted by Gasteiger charge is -2.09.